The molecule has 0 aliphatic carbocycles. The first-order valence-electron chi connectivity index (χ1n) is 10.3. The van der Waals surface area contributed by atoms with E-state index >= 15 is 0 Å². The number of methoxy groups -OCH3 is 2. The Bertz CT molecular complexity index is 1050. The third-order valence-electron chi connectivity index (χ3n) is 4.60. The molecular weight excluding hydrogens is 535 g/mol. The summed E-state index contributed by atoms with van der Waals surface area (Å²) < 4.78 is 15.9. The van der Waals surface area contributed by atoms with Gasteiger partial charge in [-0.15, -0.1) is 24.0 Å². The van der Waals surface area contributed by atoms with Gasteiger partial charge in [0.15, 0.2) is 17.5 Å². The molecule has 8 nitrogen and oxygen atoms in total. The predicted octanol–water partition coefficient (Wildman–Crippen LogP) is 4.42. The first kappa shape index (κ1) is 26.0. The van der Waals surface area contributed by atoms with Gasteiger partial charge in [-0.25, -0.2) is 4.99 Å². The van der Waals surface area contributed by atoms with E-state index in [1.165, 1.54) is 0 Å². The zero-order valence-corrected chi connectivity index (χ0v) is 21.2. The summed E-state index contributed by atoms with van der Waals surface area (Å²) in [4.78, 5) is 17.1. The van der Waals surface area contributed by atoms with Crippen molar-refractivity contribution < 1.29 is 18.7 Å². The van der Waals surface area contributed by atoms with Gasteiger partial charge in [-0.2, -0.15) is 0 Å². The number of carbonyl (C=O) groups is 1. The molecule has 9 heteroatoms. The normalized spacial score (nSPS) is 10.7. The summed E-state index contributed by atoms with van der Waals surface area (Å²) in [6, 6.07) is 16.6. The fraction of sp³-hybridized carbons (Fsp3) is 0.250. The van der Waals surface area contributed by atoms with Gasteiger partial charge < -0.3 is 29.8 Å². The average Bonchev–Trinajstić information content (AvgIpc) is 3.35. The van der Waals surface area contributed by atoms with Gasteiger partial charge >= 0.3 is 0 Å². The van der Waals surface area contributed by atoms with E-state index < -0.39 is 0 Å². The number of benzene rings is 2. The number of carbonyl (C=O) groups excluding carboxylic acids is 1. The molecule has 176 valence electrons. The summed E-state index contributed by atoms with van der Waals surface area (Å²) in [5.41, 5.74) is 2.30. The molecule has 0 saturated heterocycles. The number of ether oxygens (including phenoxy) is 2. The summed E-state index contributed by atoms with van der Waals surface area (Å²) >= 11 is 0. The fourth-order valence-electron chi connectivity index (χ4n) is 3.02. The van der Waals surface area contributed by atoms with Gasteiger partial charge in [-0.05, 0) is 48.9 Å². The van der Waals surface area contributed by atoms with Crippen molar-refractivity contribution in [2.24, 2.45) is 4.99 Å². The summed E-state index contributed by atoms with van der Waals surface area (Å²) in [6.45, 7) is 3.44. The van der Waals surface area contributed by atoms with Crippen LogP contribution < -0.4 is 25.4 Å². The minimum absolute atomic E-state index is 0. The van der Waals surface area contributed by atoms with Crippen molar-refractivity contribution in [3.63, 3.8) is 0 Å². The van der Waals surface area contributed by atoms with Crippen LogP contribution in [0.3, 0.4) is 0 Å². The molecule has 3 N–H and O–H groups in total. The van der Waals surface area contributed by atoms with Crippen molar-refractivity contribution in [2.75, 3.05) is 26.1 Å². The highest BCUT2D eigenvalue weighted by Crippen LogP contribution is 2.29. The molecule has 0 saturated carbocycles. The van der Waals surface area contributed by atoms with E-state index in [4.69, 9.17) is 13.9 Å². The van der Waals surface area contributed by atoms with Crippen LogP contribution in [0.2, 0.25) is 0 Å². The van der Waals surface area contributed by atoms with E-state index in [9.17, 15) is 4.79 Å². The number of amides is 1. The molecule has 0 aliphatic heterocycles. The molecule has 3 rings (SSSR count). The van der Waals surface area contributed by atoms with E-state index in [1.807, 2.05) is 49.4 Å². The van der Waals surface area contributed by atoms with Crippen LogP contribution in [0.15, 0.2) is 70.3 Å². The lowest BCUT2D eigenvalue weighted by molar-refractivity contribution is 0.0948. The molecule has 0 fully saturated rings. The van der Waals surface area contributed by atoms with Crippen molar-refractivity contribution in [1.29, 1.82) is 0 Å². The standard InChI is InChI=1S/C24H28N4O4.HI/c1-4-25-24(28-19-10-11-21(30-2)22(14-19)31-3)27-15-17-7-5-8-18(13-17)23(29)26-16-20-9-6-12-32-20;/h5-14H,4,15-16H2,1-3H3,(H,26,29)(H2,25,27,28);1H. The number of aliphatic imine (C=N–C) groups is 1. The largest absolute Gasteiger partial charge is 0.493 e. The highest BCUT2D eigenvalue weighted by Gasteiger charge is 2.08. The van der Waals surface area contributed by atoms with Crippen LogP contribution in [0.5, 0.6) is 11.5 Å². The monoisotopic (exact) mass is 564 g/mol. The molecule has 0 bridgehead atoms. The quantitative estimate of drug-likeness (QED) is 0.202. The van der Waals surface area contributed by atoms with Crippen molar-refractivity contribution in [3.8, 4) is 11.5 Å². The number of anilines is 1. The molecule has 0 aliphatic rings. The molecule has 33 heavy (non-hydrogen) atoms. The third kappa shape index (κ3) is 7.70. The van der Waals surface area contributed by atoms with Gasteiger partial charge in [-0.3, -0.25) is 4.79 Å². The lowest BCUT2D eigenvalue weighted by Crippen LogP contribution is -2.30. The second-order valence-electron chi connectivity index (χ2n) is 6.85. The molecule has 1 aromatic heterocycles. The number of guanidine groups is 1. The number of halogens is 1. The van der Waals surface area contributed by atoms with Gasteiger partial charge in [-0.1, -0.05) is 12.1 Å². The number of rotatable bonds is 9. The van der Waals surface area contributed by atoms with Crippen molar-refractivity contribution in [2.45, 2.75) is 20.0 Å². The van der Waals surface area contributed by atoms with Gasteiger partial charge in [0, 0.05) is 23.9 Å². The maximum absolute atomic E-state index is 12.5. The molecule has 3 aromatic rings. The van der Waals surface area contributed by atoms with Gasteiger partial charge in [0.1, 0.15) is 5.76 Å². The minimum Gasteiger partial charge on any atom is -0.493 e. The molecule has 0 spiro atoms. The summed E-state index contributed by atoms with van der Waals surface area (Å²) in [7, 11) is 3.19. The smallest absolute Gasteiger partial charge is 0.251 e. The Balaban J connectivity index is 0.00000385. The SMILES string of the molecule is CCNC(=NCc1cccc(C(=O)NCc2ccco2)c1)Nc1ccc(OC)c(OC)c1.I. The van der Waals surface area contributed by atoms with Crippen LogP contribution in [0.1, 0.15) is 28.6 Å². The molecule has 0 atom stereocenters. The summed E-state index contributed by atoms with van der Waals surface area (Å²) in [5.74, 6) is 2.44. The number of nitrogens with zero attached hydrogens (tertiary/aromatic N) is 1. The molecular formula is C24H29IN4O4. The van der Waals surface area contributed by atoms with Crippen molar-refractivity contribution in [3.05, 3.63) is 77.7 Å². The highest BCUT2D eigenvalue weighted by molar-refractivity contribution is 14.0. The van der Waals surface area contributed by atoms with Crippen LogP contribution in [-0.4, -0.2) is 32.6 Å². The lowest BCUT2D eigenvalue weighted by atomic mass is 10.1. The Labute approximate surface area is 210 Å². The Morgan fingerprint density at radius 3 is 2.52 bits per heavy atom. The van der Waals surface area contributed by atoms with Crippen molar-refractivity contribution >= 4 is 41.5 Å². The molecule has 0 unspecified atom stereocenters. The lowest BCUT2D eigenvalue weighted by Gasteiger charge is -2.14. The number of hydrogen-bond acceptors (Lipinski definition) is 5. The number of hydrogen-bond donors (Lipinski definition) is 3. The van der Waals surface area contributed by atoms with Crippen LogP contribution in [0.25, 0.3) is 0 Å². The van der Waals surface area contributed by atoms with E-state index in [2.05, 4.69) is 20.9 Å². The zero-order chi connectivity index (χ0) is 22.8. The summed E-state index contributed by atoms with van der Waals surface area (Å²) in [5, 5.41) is 9.33. The predicted molar refractivity (Wildman–Crippen MR) is 140 cm³/mol. The number of nitrogens with one attached hydrogen (secondary N) is 3. The van der Waals surface area contributed by atoms with Crippen LogP contribution >= 0.6 is 24.0 Å². The average molecular weight is 564 g/mol. The van der Waals surface area contributed by atoms with Crippen LogP contribution in [-0.2, 0) is 13.1 Å². The van der Waals surface area contributed by atoms with Gasteiger partial charge in [0.25, 0.3) is 5.91 Å². The van der Waals surface area contributed by atoms with Crippen molar-refractivity contribution in [1.82, 2.24) is 10.6 Å². The van der Waals surface area contributed by atoms with E-state index in [-0.39, 0.29) is 29.9 Å². The Morgan fingerprint density at radius 1 is 1.00 bits per heavy atom. The maximum Gasteiger partial charge on any atom is 0.251 e. The topological polar surface area (TPSA) is 97.1 Å². The Morgan fingerprint density at radius 2 is 1.82 bits per heavy atom. The third-order valence-corrected chi connectivity index (χ3v) is 4.60. The van der Waals surface area contributed by atoms with Crippen LogP contribution in [0, 0.1) is 0 Å². The summed E-state index contributed by atoms with van der Waals surface area (Å²) in [6.07, 6.45) is 1.58. The van der Waals surface area contributed by atoms with Gasteiger partial charge in [0.2, 0.25) is 0 Å². The maximum atomic E-state index is 12.5. The Kier molecular flexibility index (Phi) is 10.5. The minimum atomic E-state index is -0.164. The first-order chi connectivity index (χ1) is 15.6. The molecule has 1 heterocycles. The molecule has 1 amide bonds. The fourth-order valence-corrected chi connectivity index (χ4v) is 3.02. The van der Waals surface area contributed by atoms with Crippen LogP contribution in [0.4, 0.5) is 5.69 Å². The second kappa shape index (κ2) is 13.4. The van der Waals surface area contributed by atoms with E-state index in [0.29, 0.717) is 48.4 Å². The number of furan rings is 1. The van der Waals surface area contributed by atoms with Gasteiger partial charge in [0.05, 0.1) is 33.6 Å². The first-order valence-corrected chi connectivity index (χ1v) is 10.3. The zero-order valence-electron chi connectivity index (χ0n) is 18.9. The molecule has 0 radical (unpaired) electrons. The van der Waals surface area contributed by atoms with E-state index in [1.54, 1.807) is 32.6 Å². The molecule has 2 aromatic carbocycles. The van der Waals surface area contributed by atoms with E-state index in [0.717, 1.165) is 11.3 Å². The Hall–Kier alpha value is -3.21. The highest BCUT2D eigenvalue weighted by atomic mass is 127. The second-order valence-corrected chi connectivity index (χ2v) is 6.85.